The normalized spacial score (nSPS) is 10.8. The standard InChI is InChI=1S/C22H33N3O/c1-3-4-5-6-7-8-9-13-16-23-21-19(2)17-25(22(26)24-21)18-20-14-11-10-12-15-20/h10-12,14-15,17H,3-9,13,16,18H2,1-2H3,(H,23,24,26). The Morgan fingerprint density at radius 2 is 1.62 bits per heavy atom. The summed E-state index contributed by atoms with van der Waals surface area (Å²) >= 11 is 0. The maximum Gasteiger partial charge on any atom is 0.349 e. The number of rotatable bonds is 12. The Hall–Kier alpha value is -2.10. The molecule has 0 saturated carbocycles. The minimum atomic E-state index is -0.196. The molecule has 26 heavy (non-hydrogen) atoms. The van der Waals surface area contributed by atoms with Crippen molar-refractivity contribution in [1.29, 1.82) is 0 Å². The summed E-state index contributed by atoms with van der Waals surface area (Å²) in [5.74, 6) is 0.724. The second-order valence-electron chi connectivity index (χ2n) is 7.07. The highest BCUT2D eigenvalue weighted by atomic mass is 16.1. The molecular formula is C22H33N3O. The van der Waals surface area contributed by atoms with Crippen molar-refractivity contribution in [2.24, 2.45) is 0 Å². The van der Waals surface area contributed by atoms with Crippen molar-refractivity contribution in [2.45, 2.75) is 71.8 Å². The lowest BCUT2D eigenvalue weighted by molar-refractivity contribution is 0.581. The first kappa shape index (κ1) is 20.2. The van der Waals surface area contributed by atoms with E-state index in [4.69, 9.17) is 0 Å². The fourth-order valence-electron chi connectivity index (χ4n) is 3.14. The molecule has 0 saturated heterocycles. The van der Waals surface area contributed by atoms with Crippen LogP contribution >= 0.6 is 0 Å². The first-order valence-electron chi connectivity index (χ1n) is 10.1. The summed E-state index contributed by atoms with van der Waals surface area (Å²) in [7, 11) is 0. The third-order valence-corrected chi connectivity index (χ3v) is 4.69. The summed E-state index contributed by atoms with van der Waals surface area (Å²) in [5.41, 5.74) is 1.92. The summed E-state index contributed by atoms with van der Waals surface area (Å²) in [5, 5.41) is 3.33. The van der Waals surface area contributed by atoms with Crippen molar-refractivity contribution < 1.29 is 0 Å². The van der Waals surface area contributed by atoms with Crippen molar-refractivity contribution in [2.75, 3.05) is 11.9 Å². The van der Waals surface area contributed by atoms with E-state index in [2.05, 4.69) is 17.2 Å². The van der Waals surface area contributed by atoms with Crippen LogP contribution in [0, 0.1) is 6.92 Å². The molecule has 1 aromatic carbocycles. The summed E-state index contributed by atoms with van der Waals surface area (Å²) in [6.07, 6.45) is 12.3. The number of anilines is 1. The van der Waals surface area contributed by atoms with E-state index in [1.807, 2.05) is 43.5 Å². The van der Waals surface area contributed by atoms with Crippen molar-refractivity contribution >= 4 is 5.82 Å². The molecule has 1 aromatic heterocycles. The molecule has 0 aliphatic heterocycles. The Bertz CT molecular complexity index is 694. The Morgan fingerprint density at radius 1 is 0.962 bits per heavy atom. The van der Waals surface area contributed by atoms with Crippen LogP contribution in [0.4, 0.5) is 5.82 Å². The highest BCUT2D eigenvalue weighted by molar-refractivity contribution is 5.41. The zero-order valence-corrected chi connectivity index (χ0v) is 16.3. The molecule has 0 amide bonds. The Balaban J connectivity index is 1.75. The fourth-order valence-corrected chi connectivity index (χ4v) is 3.14. The summed E-state index contributed by atoms with van der Waals surface area (Å²) in [6.45, 7) is 5.70. The van der Waals surface area contributed by atoms with Gasteiger partial charge in [0.1, 0.15) is 5.82 Å². The molecule has 1 N–H and O–H groups in total. The zero-order valence-electron chi connectivity index (χ0n) is 16.3. The molecule has 0 unspecified atom stereocenters. The minimum absolute atomic E-state index is 0.196. The summed E-state index contributed by atoms with van der Waals surface area (Å²) in [4.78, 5) is 16.5. The van der Waals surface area contributed by atoms with Gasteiger partial charge in [0.25, 0.3) is 0 Å². The Morgan fingerprint density at radius 3 is 2.31 bits per heavy atom. The van der Waals surface area contributed by atoms with Crippen LogP contribution in [-0.2, 0) is 6.54 Å². The third kappa shape index (κ3) is 7.03. The maximum atomic E-state index is 12.3. The molecule has 142 valence electrons. The molecule has 0 bridgehead atoms. The Labute approximate surface area is 157 Å². The molecule has 0 aliphatic rings. The van der Waals surface area contributed by atoms with Gasteiger partial charge in [0, 0.05) is 18.3 Å². The van der Waals surface area contributed by atoms with E-state index in [1.54, 1.807) is 4.57 Å². The second-order valence-corrected chi connectivity index (χ2v) is 7.07. The second kappa shape index (κ2) is 11.5. The van der Waals surface area contributed by atoms with Gasteiger partial charge in [-0.05, 0) is 18.9 Å². The van der Waals surface area contributed by atoms with Crippen molar-refractivity contribution in [1.82, 2.24) is 9.55 Å². The van der Waals surface area contributed by atoms with Gasteiger partial charge in [-0.2, -0.15) is 4.98 Å². The summed E-state index contributed by atoms with van der Waals surface area (Å²) in [6, 6.07) is 10.0. The van der Waals surface area contributed by atoms with Crippen molar-refractivity contribution in [3.05, 3.63) is 58.1 Å². The molecule has 4 nitrogen and oxygen atoms in total. The van der Waals surface area contributed by atoms with Gasteiger partial charge >= 0.3 is 5.69 Å². The molecule has 0 fully saturated rings. The highest BCUT2D eigenvalue weighted by Crippen LogP contribution is 2.11. The molecular weight excluding hydrogens is 322 g/mol. The van der Waals surface area contributed by atoms with Crippen molar-refractivity contribution in [3.63, 3.8) is 0 Å². The van der Waals surface area contributed by atoms with Gasteiger partial charge in [-0.15, -0.1) is 0 Å². The van der Waals surface area contributed by atoms with Gasteiger partial charge in [0.15, 0.2) is 0 Å². The first-order valence-corrected chi connectivity index (χ1v) is 10.1. The largest absolute Gasteiger partial charge is 0.370 e. The molecule has 0 spiro atoms. The SMILES string of the molecule is CCCCCCCCCCNc1nc(=O)n(Cc2ccccc2)cc1C. The highest BCUT2D eigenvalue weighted by Gasteiger charge is 2.05. The number of hydrogen-bond donors (Lipinski definition) is 1. The number of benzene rings is 1. The van der Waals surface area contributed by atoms with Gasteiger partial charge in [0.2, 0.25) is 0 Å². The van der Waals surface area contributed by atoms with E-state index in [0.29, 0.717) is 6.54 Å². The van der Waals surface area contributed by atoms with Gasteiger partial charge in [0.05, 0.1) is 6.54 Å². The predicted octanol–water partition coefficient (Wildman–Crippen LogP) is 5.15. The Kier molecular flexibility index (Phi) is 8.94. The van der Waals surface area contributed by atoms with Gasteiger partial charge < -0.3 is 5.32 Å². The maximum absolute atomic E-state index is 12.3. The van der Waals surface area contributed by atoms with Crippen LogP contribution in [-0.4, -0.2) is 16.1 Å². The molecule has 2 aromatic rings. The first-order chi connectivity index (χ1) is 12.7. The van der Waals surface area contributed by atoms with Gasteiger partial charge in [-0.3, -0.25) is 4.57 Å². The van der Waals surface area contributed by atoms with Crippen LogP contribution < -0.4 is 11.0 Å². The number of unbranched alkanes of at least 4 members (excludes halogenated alkanes) is 7. The molecule has 2 rings (SSSR count). The number of hydrogen-bond acceptors (Lipinski definition) is 3. The quantitative estimate of drug-likeness (QED) is 0.535. The van der Waals surface area contributed by atoms with Gasteiger partial charge in [-0.25, -0.2) is 4.79 Å². The van der Waals surface area contributed by atoms with E-state index in [9.17, 15) is 4.79 Å². The van der Waals surface area contributed by atoms with E-state index < -0.39 is 0 Å². The van der Waals surface area contributed by atoms with Crippen LogP contribution in [0.2, 0.25) is 0 Å². The monoisotopic (exact) mass is 355 g/mol. The average molecular weight is 356 g/mol. The molecule has 0 aliphatic carbocycles. The lowest BCUT2D eigenvalue weighted by Gasteiger charge is -2.11. The van der Waals surface area contributed by atoms with E-state index in [1.165, 1.54) is 44.9 Å². The topological polar surface area (TPSA) is 46.9 Å². The van der Waals surface area contributed by atoms with Crippen LogP contribution in [0.1, 0.15) is 69.4 Å². The zero-order chi connectivity index (χ0) is 18.6. The number of aromatic nitrogens is 2. The van der Waals surface area contributed by atoms with E-state index >= 15 is 0 Å². The lowest BCUT2D eigenvalue weighted by atomic mass is 10.1. The fraction of sp³-hybridized carbons (Fsp3) is 0.545. The van der Waals surface area contributed by atoms with E-state index in [-0.39, 0.29) is 5.69 Å². The number of nitrogens with zero attached hydrogens (tertiary/aromatic N) is 2. The van der Waals surface area contributed by atoms with E-state index in [0.717, 1.165) is 29.9 Å². The van der Waals surface area contributed by atoms with Gasteiger partial charge in [-0.1, -0.05) is 82.2 Å². The molecule has 0 radical (unpaired) electrons. The number of nitrogens with one attached hydrogen (secondary N) is 1. The molecule has 0 atom stereocenters. The molecule has 4 heteroatoms. The number of aryl methyl sites for hydroxylation is 1. The lowest BCUT2D eigenvalue weighted by Crippen LogP contribution is -2.25. The van der Waals surface area contributed by atoms with Crippen molar-refractivity contribution in [3.8, 4) is 0 Å². The van der Waals surface area contributed by atoms with Crippen LogP contribution in [0.5, 0.6) is 0 Å². The summed E-state index contributed by atoms with van der Waals surface area (Å²) < 4.78 is 1.67. The van der Waals surface area contributed by atoms with Crippen LogP contribution in [0.3, 0.4) is 0 Å². The predicted molar refractivity (Wildman–Crippen MR) is 110 cm³/mol. The average Bonchev–Trinajstić information content (AvgIpc) is 2.65. The minimum Gasteiger partial charge on any atom is -0.370 e. The third-order valence-electron chi connectivity index (χ3n) is 4.69. The van der Waals surface area contributed by atoms with Crippen LogP contribution in [0.15, 0.2) is 41.3 Å². The smallest absolute Gasteiger partial charge is 0.349 e. The molecule has 1 heterocycles. The van der Waals surface area contributed by atoms with Crippen LogP contribution in [0.25, 0.3) is 0 Å².